The van der Waals surface area contributed by atoms with Gasteiger partial charge in [-0.15, -0.1) is 0 Å². The Labute approximate surface area is 162 Å². The van der Waals surface area contributed by atoms with Gasteiger partial charge in [-0.1, -0.05) is 26.2 Å². The van der Waals surface area contributed by atoms with Gasteiger partial charge in [0.05, 0.1) is 19.3 Å². The van der Waals surface area contributed by atoms with E-state index in [1.54, 1.807) is 11.4 Å². The van der Waals surface area contributed by atoms with Crippen molar-refractivity contribution < 1.29 is 10.2 Å². The van der Waals surface area contributed by atoms with Gasteiger partial charge >= 0.3 is 5.69 Å². The summed E-state index contributed by atoms with van der Waals surface area (Å²) >= 11 is 0. The first-order valence-electron chi connectivity index (χ1n) is 9.80. The minimum atomic E-state index is -1.18. The van der Waals surface area contributed by atoms with Gasteiger partial charge in [-0.3, -0.25) is 18.3 Å². The van der Waals surface area contributed by atoms with Crippen molar-refractivity contribution >= 4 is 16.9 Å². The van der Waals surface area contributed by atoms with Crippen LogP contribution in [0.15, 0.2) is 9.59 Å². The average Bonchev–Trinajstić information content (AvgIpc) is 3.17. The van der Waals surface area contributed by atoms with Crippen LogP contribution in [-0.2, 0) is 20.1 Å². The van der Waals surface area contributed by atoms with Gasteiger partial charge in [0.15, 0.2) is 11.2 Å². The molecule has 154 valence electrons. The second kappa shape index (κ2) is 7.92. The standard InChI is InChI=1S/C19H29N5O4/c1-5-6-7-8-9-22-12(2)13(3)24-15-16(20-18(22)24)21(4)19(28)23(17(15)27)10-14(26)11-25/h14,25-26H,5-11H2,1-4H3/t14-/m0/s1. The van der Waals surface area contributed by atoms with Gasteiger partial charge in [0.1, 0.15) is 0 Å². The summed E-state index contributed by atoms with van der Waals surface area (Å²) in [6.07, 6.45) is 3.31. The third-order valence-corrected chi connectivity index (χ3v) is 5.47. The molecule has 1 atom stereocenters. The van der Waals surface area contributed by atoms with Crippen LogP contribution in [0.1, 0.15) is 44.0 Å². The Kier molecular flexibility index (Phi) is 5.76. The molecular weight excluding hydrogens is 362 g/mol. The van der Waals surface area contributed by atoms with Gasteiger partial charge in [0, 0.05) is 25.0 Å². The van der Waals surface area contributed by atoms with Gasteiger partial charge in [0.25, 0.3) is 5.56 Å². The van der Waals surface area contributed by atoms with Gasteiger partial charge in [0.2, 0.25) is 5.78 Å². The molecule has 0 aliphatic rings. The smallest absolute Gasteiger partial charge is 0.332 e. The number of hydrogen-bond acceptors (Lipinski definition) is 5. The van der Waals surface area contributed by atoms with Crippen LogP contribution in [0.4, 0.5) is 0 Å². The van der Waals surface area contributed by atoms with Crippen LogP contribution in [0.25, 0.3) is 16.9 Å². The summed E-state index contributed by atoms with van der Waals surface area (Å²) in [6, 6.07) is 0. The van der Waals surface area contributed by atoms with E-state index in [1.807, 2.05) is 13.8 Å². The average molecular weight is 391 g/mol. The highest BCUT2D eigenvalue weighted by atomic mass is 16.3. The van der Waals surface area contributed by atoms with Gasteiger partial charge in [-0.25, -0.2) is 4.79 Å². The largest absolute Gasteiger partial charge is 0.394 e. The van der Waals surface area contributed by atoms with E-state index in [0.717, 1.165) is 41.8 Å². The number of fused-ring (bicyclic) bond motifs is 3. The summed E-state index contributed by atoms with van der Waals surface area (Å²) in [7, 11) is 1.56. The van der Waals surface area contributed by atoms with Crippen molar-refractivity contribution in [2.45, 2.75) is 65.6 Å². The highest BCUT2D eigenvalue weighted by Crippen LogP contribution is 2.21. The molecule has 9 nitrogen and oxygen atoms in total. The number of unbranched alkanes of at least 4 members (excludes halogenated alkanes) is 3. The summed E-state index contributed by atoms with van der Waals surface area (Å²) in [5, 5.41) is 18.8. The first-order chi connectivity index (χ1) is 13.3. The van der Waals surface area contributed by atoms with Crippen LogP contribution in [0.3, 0.4) is 0 Å². The maximum Gasteiger partial charge on any atom is 0.332 e. The van der Waals surface area contributed by atoms with Crippen LogP contribution in [0.5, 0.6) is 0 Å². The van der Waals surface area contributed by atoms with Crippen LogP contribution in [0, 0.1) is 13.8 Å². The van der Waals surface area contributed by atoms with E-state index in [4.69, 9.17) is 5.11 Å². The molecule has 0 saturated heterocycles. The molecule has 0 aromatic carbocycles. The Balaban J connectivity index is 2.24. The molecule has 0 bridgehead atoms. The molecule has 0 radical (unpaired) electrons. The zero-order valence-corrected chi connectivity index (χ0v) is 17.0. The lowest BCUT2D eigenvalue weighted by molar-refractivity contribution is 0.0791. The van der Waals surface area contributed by atoms with Crippen molar-refractivity contribution in [2.75, 3.05) is 6.61 Å². The van der Waals surface area contributed by atoms with E-state index in [-0.39, 0.29) is 6.54 Å². The summed E-state index contributed by atoms with van der Waals surface area (Å²) in [4.78, 5) is 30.3. The lowest BCUT2D eigenvalue weighted by atomic mass is 10.2. The molecule has 0 aliphatic carbocycles. The molecule has 0 fully saturated rings. The van der Waals surface area contributed by atoms with E-state index in [9.17, 15) is 14.7 Å². The van der Waals surface area contributed by atoms with E-state index >= 15 is 0 Å². The Bertz CT molecular complexity index is 1120. The zero-order chi connectivity index (χ0) is 20.6. The first kappa shape index (κ1) is 20.3. The number of aliphatic hydroxyl groups excluding tert-OH is 2. The SMILES string of the molecule is CCCCCCn1c(C)c(C)n2c3c(=O)n(C[C@H](O)CO)c(=O)n(C)c3nc12. The van der Waals surface area contributed by atoms with Crippen molar-refractivity contribution in [1.29, 1.82) is 0 Å². The lowest BCUT2D eigenvalue weighted by Crippen LogP contribution is -2.42. The Morgan fingerprint density at radius 2 is 1.79 bits per heavy atom. The topological polar surface area (TPSA) is 107 Å². The van der Waals surface area contributed by atoms with E-state index in [2.05, 4.69) is 16.5 Å². The molecule has 9 heteroatoms. The van der Waals surface area contributed by atoms with E-state index in [0.29, 0.717) is 16.9 Å². The van der Waals surface area contributed by atoms with Crippen molar-refractivity contribution in [1.82, 2.24) is 23.1 Å². The molecular formula is C19H29N5O4. The monoisotopic (exact) mass is 391 g/mol. The van der Waals surface area contributed by atoms with Gasteiger partial charge in [-0.05, 0) is 20.3 Å². The van der Waals surface area contributed by atoms with E-state index < -0.39 is 24.0 Å². The maximum absolute atomic E-state index is 13.1. The fourth-order valence-electron chi connectivity index (χ4n) is 3.71. The summed E-state index contributed by atoms with van der Waals surface area (Å²) in [5.74, 6) is 0.647. The molecule has 3 aromatic heterocycles. The van der Waals surface area contributed by atoms with Crippen molar-refractivity contribution in [2.24, 2.45) is 7.05 Å². The minimum Gasteiger partial charge on any atom is -0.394 e. The molecule has 3 aromatic rings. The van der Waals surface area contributed by atoms with Crippen LogP contribution < -0.4 is 11.2 Å². The second-order valence-corrected chi connectivity index (χ2v) is 7.40. The summed E-state index contributed by atoms with van der Waals surface area (Å²) in [6.45, 7) is 6.12. The Morgan fingerprint density at radius 1 is 1.07 bits per heavy atom. The van der Waals surface area contributed by atoms with Gasteiger partial charge in [-0.2, -0.15) is 4.98 Å². The molecule has 0 unspecified atom stereocenters. The summed E-state index contributed by atoms with van der Waals surface area (Å²) < 4.78 is 6.19. The molecule has 0 spiro atoms. The highest BCUT2D eigenvalue weighted by molar-refractivity contribution is 5.76. The molecule has 0 saturated carbocycles. The Hall–Kier alpha value is -2.39. The highest BCUT2D eigenvalue weighted by Gasteiger charge is 2.23. The maximum atomic E-state index is 13.1. The van der Waals surface area contributed by atoms with Crippen molar-refractivity contribution in [3.05, 3.63) is 32.2 Å². The molecule has 3 heterocycles. The fraction of sp³-hybridized carbons (Fsp3) is 0.632. The predicted octanol–water partition coefficient (Wildman–Crippen LogP) is 0.700. The Morgan fingerprint density at radius 3 is 2.43 bits per heavy atom. The third-order valence-electron chi connectivity index (χ3n) is 5.47. The minimum absolute atomic E-state index is 0.263. The second-order valence-electron chi connectivity index (χ2n) is 7.40. The molecule has 2 N–H and O–H groups in total. The van der Waals surface area contributed by atoms with Gasteiger partial charge < -0.3 is 14.8 Å². The summed E-state index contributed by atoms with van der Waals surface area (Å²) in [5.41, 5.74) is 1.51. The number of rotatable bonds is 8. The quantitative estimate of drug-likeness (QED) is 0.550. The predicted molar refractivity (Wildman–Crippen MR) is 107 cm³/mol. The normalized spacial score (nSPS) is 13.1. The van der Waals surface area contributed by atoms with Crippen molar-refractivity contribution in [3.63, 3.8) is 0 Å². The van der Waals surface area contributed by atoms with Crippen LogP contribution in [-0.4, -0.2) is 46.0 Å². The number of aromatic nitrogens is 5. The number of hydrogen-bond donors (Lipinski definition) is 2. The number of aliphatic hydroxyl groups is 2. The van der Waals surface area contributed by atoms with Crippen LogP contribution >= 0.6 is 0 Å². The lowest BCUT2D eigenvalue weighted by Gasteiger charge is -2.11. The van der Waals surface area contributed by atoms with Crippen LogP contribution in [0.2, 0.25) is 0 Å². The first-order valence-corrected chi connectivity index (χ1v) is 9.80. The fourth-order valence-corrected chi connectivity index (χ4v) is 3.71. The zero-order valence-electron chi connectivity index (χ0n) is 17.0. The van der Waals surface area contributed by atoms with Crippen molar-refractivity contribution in [3.8, 4) is 0 Å². The molecule has 0 amide bonds. The third kappa shape index (κ3) is 3.18. The van der Waals surface area contributed by atoms with E-state index in [1.165, 1.54) is 11.0 Å². The molecule has 28 heavy (non-hydrogen) atoms. The molecule has 3 rings (SSSR count). The number of nitrogens with zero attached hydrogens (tertiary/aromatic N) is 5. The molecule has 0 aliphatic heterocycles. The number of imidazole rings is 2. The number of aryl methyl sites for hydroxylation is 3.